The van der Waals surface area contributed by atoms with Gasteiger partial charge in [0.15, 0.2) is 11.9 Å². The molecular weight excluding hydrogens is 177 g/mol. The van der Waals surface area contributed by atoms with Gasteiger partial charge < -0.3 is 5.21 Å². The predicted octanol–water partition coefficient (Wildman–Crippen LogP) is 1.24. The molecule has 0 aliphatic carbocycles. The summed E-state index contributed by atoms with van der Waals surface area (Å²) in [6, 6.07) is 2.00. The zero-order chi connectivity index (χ0) is 7.72. The Kier molecular flexibility index (Phi) is 3.63. The van der Waals surface area contributed by atoms with E-state index < -0.39 is 0 Å². The fraction of sp³-hybridized carbons (Fsp3) is 0.375. The number of pyridine rings is 1. The summed E-state index contributed by atoms with van der Waals surface area (Å²) in [6.45, 7) is 5.68. The fourth-order valence-corrected chi connectivity index (χ4v) is 0.939. The molecule has 2 nitrogen and oxygen atoms in total. The third-order valence-corrected chi connectivity index (χ3v) is 1.67. The molecule has 0 spiro atoms. The topological polar surface area (TPSA) is 26.9 Å². The van der Waals surface area contributed by atoms with E-state index in [4.69, 9.17) is 0 Å². The maximum atomic E-state index is 11.0. The van der Waals surface area contributed by atoms with Crippen molar-refractivity contribution in [2.24, 2.45) is 0 Å². The first kappa shape index (κ1) is 10.5. The first-order valence-corrected chi connectivity index (χ1v) is 3.28. The van der Waals surface area contributed by atoms with E-state index in [0.717, 1.165) is 21.6 Å². The smallest absolute Gasteiger partial charge is 0.192 e. The van der Waals surface area contributed by atoms with Crippen molar-refractivity contribution >= 4 is 0 Å². The zero-order valence-electron chi connectivity index (χ0n) is 6.96. The van der Waals surface area contributed by atoms with E-state index in [1.807, 2.05) is 26.8 Å². The van der Waals surface area contributed by atoms with Crippen molar-refractivity contribution in [1.82, 2.24) is 0 Å². The molecule has 0 aliphatic heterocycles. The van der Waals surface area contributed by atoms with E-state index in [1.165, 1.54) is 0 Å². The number of aromatic nitrogens is 1. The minimum atomic E-state index is 0. The van der Waals surface area contributed by atoms with Crippen LogP contribution in [0.5, 0.6) is 0 Å². The Morgan fingerprint density at radius 3 is 2.27 bits per heavy atom. The van der Waals surface area contributed by atoms with Crippen molar-refractivity contribution in [2.45, 2.75) is 20.8 Å². The summed E-state index contributed by atoms with van der Waals surface area (Å²) >= 11 is 0. The Balaban J connectivity index is 0.000001000. The van der Waals surface area contributed by atoms with E-state index in [9.17, 15) is 5.21 Å². The van der Waals surface area contributed by atoms with Crippen molar-refractivity contribution in [2.75, 3.05) is 0 Å². The maximum Gasteiger partial charge on any atom is 0.192 e. The van der Waals surface area contributed by atoms with Crippen LogP contribution in [0.1, 0.15) is 16.8 Å². The normalized spacial score (nSPS) is 9.00. The maximum absolute atomic E-state index is 11.0. The third-order valence-electron chi connectivity index (χ3n) is 1.67. The van der Waals surface area contributed by atoms with Crippen molar-refractivity contribution in [1.29, 1.82) is 0 Å². The molecule has 0 unspecified atom stereocenters. The Morgan fingerprint density at radius 2 is 1.82 bits per heavy atom. The molecule has 0 aromatic carbocycles. The molecule has 0 bridgehead atoms. The molecule has 0 saturated heterocycles. The van der Waals surface area contributed by atoms with Gasteiger partial charge >= 0.3 is 0 Å². The number of aryl methyl sites for hydroxylation is 2. The van der Waals surface area contributed by atoms with Crippen LogP contribution in [0, 0.1) is 26.0 Å². The van der Waals surface area contributed by atoms with Gasteiger partial charge in [-0.3, -0.25) is 0 Å². The van der Waals surface area contributed by atoms with Crippen molar-refractivity contribution < 1.29 is 23.3 Å². The summed E-state index contributed by atoms with van der Waals surface area (Å²) in [5.41, 5.74) is 2.85. The van der Waals surface area contributed by atoms with E-state index in [0.29, 0.717) is 0 Å². The molecule has 1 rings (SSSR count). The average molecular weight is 188 g/mol. The summed E-state index contributed by atoms with van der Waals surface area (Å²) in [5, 5.41) is 11.0. The standard InChI is InChI=1S/C8H11NO.V/c1-6-4-7(2)8(3)9(10)5-6;/h4-5H,1-3H3;. The van der Waals surface area contributed by atoms with Gasteiger partial charge in [0.1, 0.15) is 0 Å². The number of nitrogens with zero attached hydrogens (tertiary/aromatic N) is 1. The van der Waals surface area contributed by atoms with Crippen LogP contribution < -0.4 is 4.73 Å². The van der Waals surface area contributed by atoms with Crippen LogP contribution in [-0.4, -0.2) is 0 Å². The molecule has 3 heteroatoms. The van der Waals surface area contributed by atoms with E-state index in [1.54, 1.807) is 6.20 Å². The summed E-state index contributed by atoms with van der Waals surface area (Å²) in [7, 11) is 0. The predicted molar refractivity (Wildman–Crippen MR) is 39.6 cm³/mol. The van der Waals surface area contributed by atoms with Crippen molar-refractivity contribution in [3.8, 4) is 0 Å². The summed E-state index contributed by atoms with van der Waals surface area (Å²) in [5.74, 6) is 0. The number of hydrogen-bond acceptors (Lipinski definition) is 1. The zero-order valence-corrected chi connectivity index (χ0v) is 8.35. The minimum absolute atomic E-state index is 0. The molecule has 1 radical (unpaired) electrons. The molecule has 1 aromatic heterocycles. The second kappa shape index (κ2) is 3.79. The van der Waals surface area contributed by atoms with E-state index >= 15 is 0 Å². The largest absolute Gasteiger partial charge is 0.618 e. The Bertz CT molecular complexity index is 237. The molecular formula is C8H11NOV. The van der Waals surface area contributed by atoms with Gasteiger partial charge in [0.25, 0.3) is 0 Å². The molecule has 1 aromatic rings. The van der Waals surface area contributed by atoms with Crippen LogP contribution in [0.25, 0.3) is 0 Å². The monoisotopic (exact) mass is 188 g/mol. The first-order chi connectivity index (χ1) is 4.61. The molecule has 1 heterocycles. The summed E-state index contributed by atoms with van der Waals surface area (Å²) < 4.78 is 0.907. The molecule has 0 aliphatic rings. The SMILES string of the molecule is Cc1cc(C)c(C)[n+]([O-])c1.[V]. The molecule has 0 amide bonds. The second-order valence-corrected chi connectivity index (χ2v) is 2.61. The Hall–Kier alpha value is -0.466. The van der Waals surface area contributed by atoms with Crippen LogP contribution in [0.4, 0.5) is 0 Å². The molecule has 0 fully saturated rings. The van der Waals surface area contributed by atoms with Gasteiger partial charge in [0.05, 0.1) is 0 Å². The van der Waals surface area contributed by atoms with Gasteiger partial charge in [-0.25, -0.2) is 0 Å². The third kappa shape index (κ3) is 2.24. The van der Waals surface area contributed by atoms with Gasteiger partial charge in [-0.05, 0) is 19.9 Å². The molecule has 59 valence electrons. The van der Waals surface area contributed by atoms with E-state index in [-0.39, 0.29) is 18.6 Å². The molecule has 0 saturated carbocycles. The van der Waals surface area contributed by atoms with Crippen LogP contribution >= 0.6 is 0 Å². The average Bonchev–Trinajstić information content (AvgIpc) is 1.82. The number of rotatable bonds is 0. The van der Waals surface area contributed by atoms with E-state index in [2.05, 4.69) is 0 Å². The first-order valence-electron chi connectivity index (χ1n) is 3.28. The summed E-state index contributed by atoms with van der Waals surface area (Å²) in [6.07, 6.45) is 1.59. The van der Waals surface area contributed by atoms with Crippen LogP contribution in [-0.2, 0) is 18.6 Å². The second-order valence-electron chi connectivity index (χ2n) is 2.61. The van der Waals surface area contributed by atoms with Gasteiger partial charge in [-0.15, -0.1) is 0 Å². The quantitative estimate of drug-likeness (QED) is 0.444. The fourth-order valence-electron chi connectivity index (χ4n) is 0.939. The Morgan fingerprint density at radius 1 is 1.27 bits per heavy atom. The molecule has 0 atom stereocenters. The molecule has 11 heavy (non-hydrogen) atoms. The Labute approximate surface area is 78.7 Å². The van der Waals surface area contributed by atoms with Crippen LogP contribution in [0.15, 0.2) is 12.3 Å². The van der Waals surface area contributed by atoms with Crippen molar-refractivity contribution in [3.05, 3.63) is 34.3 Å². The van der Waals surface area contributed by atoms with Gasteiger partial charge in [-0.1, -0.05) is 0 Å². The minimum Gasteiger partial charge on any atom is -0.618 e. The van der Waals surface area contributed by atoms with Crippen LogP contribution in [0.2, 0.25) is 0 Å². The summed E-state index contributed by atoms with van der Waals surface area (Å²) in [4.78, 5) is 0. The molecule has 0 N–H and O–H groups in total. The van der Waals surface area contributed by atoms with Crippen molar-refractivity contribution in [3.63, 3.8) is 0 Å². The van der Waals surface area contributed by atoms with Gasteiger partial charge in [0.2, 0.25) is 0 Å². The van der Waals surface area contributed by atoms with Gasteiger partial charge in [0, 0.05) is 36.6 Å². The number of hydrogen-bond donors (Lipinski definition) is 0. The van der Waals surface area contributed by atoms with Gasteiger partial charge in [-0.2, -0.15) is 4.73 Å². The van der Waals surface area contributed by atoms with Crippen LogP contribution in [0.3, 0.4) is 0 Å².